The molecule has 29 heavy (non-hydrogen) atoms. The maximum Gasteiger partial charge on any atom is 0.243 e. The molecular weight excluding hydrogens is 360 g/mol. The summed E-state index contributed by atoms with van der Waals surface area (Å²) in [5, 5.41) is 1.31. The normalized spacial score (nSPS) is 19.7. The predicted octanol–water partition coefficient (Wildman–Crippen LogP) is 3.70. The summed E-state index contributed by atoms with van der Waals surface area (Å²) >= 11 is 0. The third-order valence-corrected chi connectivity index (χ3v) is 6.54. The van der Waals surface area contributed by atoms with Gasteiger partial charge in [-0.2, -0.15) is 0 Å². The number of aryl methyl sites for hydroxylation is 1. The van der Waals surface area contributed by atoms with Gasteiger partial charge in [0, 0.05) is 55.0 Å². The largest absolute Gasteiger partial charge is 0.335 e. The van der Waals surface area contributed by atoms with Gasteiger partial charge in [0.25, 0.3) is 0 Å². The average molecular weight is 389 g/mol. The van der Waals surface area contributed by atoms with Gasteiger partial charge in [-0.15, -0.1) is 0 Å². The highest BCUT2D eigenvalue weighted by atomic mass is 16.2. The van der Waals surface area contributed by atoms with E-state index in [9.17, 15) is 4.79 Å². The van der Waals surface area contributed by atoms with E-state index in [0.29, 0.717) is 6.54 Å². The highest BCUT2D eigenvalue weighted by Crippen LogP contribution is 2.34. The van der Waals surface area contributed by atoms with Crippen LogP contribution in [0.25, 0.3) is 10.9 Å². The number of amides is 1. The minimum atomic E-state index is 0.155. The molecule has 0 spiro atoms. The first-order valence-corrected chi connectivity index (χ1v) is 10.6. The monoisotopic (exact) mass is 388 g/mol. The summed E-state index contributed by atoms with van der Waals surface area (Å²) in [4.78, 5) is 22.1. The minimum absolute atomic E-state index is 0.155. The molecule has 1 unspecified atom stereocenters. The highest BCUT2D eigenvalue weighted by Gasteiger charge is 2.31. The maximum atomic E-state index is 13.4. The fraction of sp³-hybridized carbons (Fsp3) is 0.417. The van der Waals surface area contributed by atoms with Crippen LogP contribution in [0.5, 0.6) is 0 Å². The van der Waals surface area contributed by atoms with Crippen LogP contribution in [0.2, 0.25) is 0 Å². The molecule has 1 aromatic carbocycles. The van der Waals surface area contributed by atoms with Crippen LogP contribution < -0.4 is 0 Å². The molecule has 150 valence electrons. The standard InChI is InChI=1S/C24H28N4O/c1-17-7-8-22-19(13-17)20-15-26(2)12-9-23(20)28(22)16-24(29)27-11-4-6-21(27)18-5-3-10-25-14-18/h3,5,7-8,10,13-14,21H,4,6,9,11-12,15-16H2,1-2H3. The lowest BCUT2D eigenvalue weighted by Crippen LogP contribution is -2.34. The molecule has 1 atom stereocenters. The molecule has 5 nitrogen and oxygen atoms in total. The summed E-state index contributed by atoms with van der Waals surface area (Å²) in [6, 6.07) is 10.8. The Hall–Kier alpha value is -2.66. The van der Waals surface area contributed by atoms with E-state index in [1.165, 1.54) is 27.7 Å². The van der Waals surface area contributed by atoms with Crippen LogP contribution in [-0.2, 0) is 24.3 Å². The molecule has 0 bridgehead atoms. The second kappa shape index (κ2) is 7.30. The second-order valence-electron chi connectivity index (χ2n) is 8.55. The van der Waals surface area contributed by atoms with Gasteiger partial charge in [-0.05, 0) is 56.1 Å². The lowest BCUT2D eigenvalue weighted by Gasteiger charge is -2.27. The Kier molecular flexibility index (Phi) is 4.63. The maximum absolute atomic E-state index is 13.4. The van der Waals surface area contributed by atoms with E-state index in [-0.39, 0.29) is 11.9 Å². The topological polar surface area (TPSA) is 41.4 Å². The lowest BCUT2D eigenvalue weighted by molar-refractivity contribution is -0.132. The second-order valence-corrected chi connectivity index (χ2v) is 8.55. The zero-order valence-electron chi connectivity index (χ0n) is 17.3. The molecule has 1 saturated heterocycles. The van der Waals surface area contributed by atoms with Crippen molar-refractivity contribution in [1.82, 2.24) is 19.4 Å². The van der Waals surface area contributed by atoms with Crippen molar-refractivity contribution in [2.75, 3.05) is 20.1 Å². The van der Waals surface area contributed by atoms with Gasteiger partial charge in [-0.1, -0.05) is 17.7 Å². The number of fused-ring (bicyclic) bond motifs is 3. The molecule has 1 fully saturated rings. The van der Waals surface area contributed by atoms with E-state index in [0.717, 1.165) is 44.5 Å². The Morgan fingerprint density at radius 2 is 2.14 bits per heavy atom. The van der Waals surface area contributed by atoms with Crippen molar-refractivity contribution in [3.05, 3.63) is 65.1 Å². The van der Waals surface area contributed by atoms with Crippen LogP contribution in [-0.4, -0.2) is 45.4 Å². The van der Waals surface area contributed by atoms with Crippen LogP contribution in [0.1, 0.15) is 41.3 Å². The molecule has 0 radical (unpaired) electrons. The number of hydrogen-bond donors (Lipinski definition) is 0. The SMILES string of the molecule is Cc1ccc2c(c1)c1c(n2CC(=O)N2CCCC2c2cccnc2)CCN(C)C1. The first-order chi connectivity index (χ1) is 14.1. The summed E-state index contributed by atoms with van der Waals surface area (Å²) in [7, 11) is 2.18. The Morgan fingerprint density at radius 3 is 2.97 bits per heavy atom. The molecule has 3 aromatic rings. The van der Waals surface area contributed by atoms with Crippen LogP contribution in [0, 0.1) is 6.92 Å². The van der Waals surface area contributed by atoms with E-state index >= 15 is 0 Å². The first-order valence-electron chi connectivity index (χ1n) is 10.6. The van der Waals surface area contributed by atoms with E-state index in [4.69, 9.17) is 0 Å². The smallest absolute Gasteiger partial charge is 0.243 e. The molecule has 1 amide bonds. The first kappa shape index (κ1) is 18.4. The number of likely N-dealkylation sites (tertiary alicyclic amines) is 1. The summed E-state index contributed by atoms with van der Waals surface area (Å²) in [6.45, 7) is 5.40. The average Bonchev–Trinajstić information content (AvgIpc) is 3.32. The van der Waals surface area contributed by atoms with Crippen molar-refractivity contribution < 1.29 is 4.79 Å². The Balaban J connectivity index is 1.50. The molecule has 5 rings (SSSR count). The van der Waals surface area contributed by atoms with Crippen molar-refractivity contribution in [1.29, 1.82) is 0 Å². The highest BCUT2D eigenvalue weighted by molar-refractivity contribution is 5.88. The third-order valence-electron chi connectivity index (χ3n) is 6.54. The van der Waals surface area contributed by atoms with Crippen molar-refractivity contribution in [3.8, 4) is 0 Å². The fourth-order valence-electron chi connectivity index (χ4n) is 5.09. The summed E-state index contributed by atoms with van der Waals surface area (Å²) in [6.07, 6.45) is 6.77. The van der Waals surface area contributed by atoms with Crippen LogP contribution >= 0.6 is 0 Å². The van der Waals surface area contributed by atoms with Crippen LogP contribution in [0.4, 0.5) is 0 Å². The van der Waals surface area contributed by atoms with Crippen LogP contribution in [0.3, 0.4) is 0 Å². The zero-order valence-corrected chi connectivity index (χ0v) is 17.3. The van der Waals surface area contributed by atoms with Gasteiger partial charge >= 0.3 is 0 Å². The van der Waals surface area contributed by atoms with E-state index in [2.05, 4.69) is 57.6 Å². The van der Waals surface area contributed by atoms with Gasteiger partial charge in [0.2, 0.25) is 5.91 Å². The molecule has 0 saturated carbocycles. The van der Waals surface area contributed by atoms with E-state index in [1.54, 1.807) is 6.20 Å². The molecule has 2 aromatic heterocycles. The number of pyridine rings is 1. The van der Waals surface area contributed by atoms with Crippen molar-refractivity contribution in [2.24, 2.45) is 0 Å². The van der Waals surface area contributed by atoms with Gasteiger partial charge in [0.05, 0.1) is 6.04 Å². The number of rotatable bonds is 3. The molecule has 2 aliphatic rings. The predicted molar refractivity (Wildman–Crippen MR) is 115 cm³/mol. The summed E-state index contributed by atoms with van der Waals surface area (Å²) in [5.74, 6) is 0.218. The van der Waals surface area contributed by atoms with Crippen molar-refractivity contribution >= 4 is 16.8 Å². The molecule has 0 N–H and O–H groups in total. The number of likely N-dealkylation sites (N-methyl/N-ethyl adjacent to an activating group) is 1. The number of aromatic nitrogens is 2. The Morgan fingerprint density at radius 1 is 1.24 bits per heavy atom. The zero-order chi connectivity index (χ0) is 20.0. The summed E-state index contributed by atoms with van der Waals surface area (Å²) in [5.41, 5.74) is 6.36. The van der Waals surface area contributed by atoms with Crippen molar-refractivity contribution in [2.45, 2.75) is 45.3 Å². The minimum Gasteiger partial charge on any atom is -0.335 e. The molecule has 4 heterocycles. The third kappa shape index (κ3) is 3.23. The van der Waals surface area contributed by atoms with Gasteiger partial charge in [-0.3, -0.25) is 9.78 Å². The number of benzene rings is 1. The molecule has 0 aliphatic carbocycles. The molecule has 5 heteroatoms. The summed E-state index contributed by atoms with van der Waals surface area (Å²) < 4.78 is 2.29. The van der Waals surface area contributed by atoms with E-state index < -0.39 is 0 Å². The Bertz CT molecular complexity index is 1060. The van der Waals surface area contributed by atoms with Gasteiger partial charge < -0.3 is 14.4 Å². The van der Waals surface area contributed by atoms with Crippen molar-refractivity contribution in [3.63, 3.8) is 0 Å². The van der Waals surface area contributed by atoms with E-state index in [1.807, 2.05) is 12.3 Å². The fourth-order valence-corrected chi connectivity index (χ4v) is 5.09. The number of nitrogens with zero attached hydrogens (tertiary/aromatic N) is 4. The molecular formula is C24H28N4O. The molecule has 2 aliphatic heterocycles. The number of carbonyl (C=O) groups excluding carboxylic acids is 1. The van der Waals surface area contributed by atoms with Gasteiger partial charge in [0.15, 0.2) is 0 Å². The number of hydrogen-bond acceptors (Lipinski definition) is 3. The Labute approximate surface area is 171 Å². The quantitative estimate of drug-likeness (QED) is 0.687. The van der Waals surface area contributed by atoms with Gasteiger partial charge in [0.1, 0.15) is 6.54 Å². The lowest BCUT2D eigenvalue weighted by atomic mass is 10.0. The van der Waals surface area contributed by atoms with Gasteiger partial charge in [-0.25, -0.2) is 0 Å². The van der Waals surface area contributed by atoms with Crippen LogP contribution in [0.15, 0.2) is 42.7 Å². The number of carbonyl (C=O) groups is 1.